The normalized spacial score (nSPS) is 21.0. The SMILES string of the molecule is O=C(O)c1ccc(C2CCCN2)cn1. The fraction of sp³-hybridized carbons (Fsp3) is 0.400. The maximum absolute atomic E-state index is 10.6. The standard InChI is InChI=1S/C10H12N2O2/c13-10(14)9-4-3-7(6-12-9)8-2-1-5-11-8/h3-4,6,8,11H,1-2,5H2,(H,13,14). The maximum Gasteiger partial charge on any atom is 0.354 e. The number of carbonyl (C=O) groups is 1. The summed E-state index contributed by atoms with van der Waals surface area (Å²) in [6.07, 6.45) is 3.92. The van der Waals surface area contributed by atoms with Crippen molar-refractivity contribution in [1.29, 1.82) is 0 Å². The van der Waals surface area contributed by atoms with Gasteiger partial charge in [-0.1, -0.05) is 6.07 Å². The number of carboxylic acid groups (broad SMARTS) is 1. The van der Waals surface area contributed by atoms with Gasteiger partial charge in [-0.2, -0.15) is 0 Å². The first kappa shape index (κ1) is 9.15. The average molecular weight is 192 g/mol. The minimum Gasteiger partial charge on any atom is -0.477 e. The van der Waals surface area contributed by atoms with E-state index in [9.17, 15) is 4.79 Å². The minimum atomic E-state index is -0.976. The zero-order chi connectivity index (χ0) is 9.97. The second-order valence-electron chi connectivity index (χ2n) is 3.43. The highest BCUT2D eigenvalue weighted by Gasteiger charge is 2.16. The number of nitrogens with one attached hydrogen (secondary N) is 1. The van der Waals surface area contributed by atoms with Crippen molar-refractivity contribution in [3.63, 3.8) is 0 Å². The maximum atomic E-state index is 10.6. The van der Waals surface area contributed by atoms with Gasteiger partial charge in [-0.3, -0.25) is 0 Å². The van der Waals surface area contributed by atoms with E-state index < -0.39 is 5.97 Å². The topological polar surface area (TPSA) is 62.2 Å². The van der Waals surface area contributed by atoms with Gasteiger partial charge in [0.1, 0.15) is 5.69 Å². The predicted octanol–water partition coefficient (Wildman–Crippen LogP) is 1.20. The fourth-order valence-corrected chi connectivity index (χ4v) is 1.71. The molecule has 1 aliphatic heterocycles. The lowest BCUT2D eigenvalue weighted by molar-refractivity contribution is 0.0690. The van der Waals surface area contributed by atoms with E-state index in [2.05, 4.69) is 10.3 Å². The summed E-state index contributed by atoms with van der Waals surface area (Å²) >= 11 is 0. The molecule has 1 aliphatic rings. The van der Waals surface area contributed by atoms with Crippen molar-refractivity contribution in [1.82, 2.24) is 10.3 Å². The number of hydrogen-bond acceptors (Lipinski definition) is 3. The summed E-state index contributed by atoms with van der Waals surface area (Å²) < 4.78 is 0. The molecule has 2 heterocycles. The Morgan fingerprint density at radius 1 is 1.57 bits per heavy atom. The molecule has 0 aliphatic carbocycles. The summed E-state index contributed by atoms with van der Waals surface area (Å²) in [6, 6.07) is 3.74. The van der Waals surface area contributed by atoms with Crippen LogP contribution in [0.15, 0.2) is 18.3 Å². The molecular weight excluding hydrogens is 180 g/mol. The van der Waals surface area contributed by atoms with Gasteiger partial charge in [0.25, 0.3) is 0 Å². The van der Waals surface area contributed by atoms with Crippen LogP contribution in [0.2, 0.25) is 0 Å². The van der Waals surface area contributed by atoms with Crippen molar-refractivity contribution >= 4 is 5.97 Å². The van der Waals surface area contributed by atoms with Gasteiger partial charge in [0, 0.05) is 12.2 Å². The van der Waals surface area contributed by atoms with Crippen molar-refractivity contribution in [2.24, 2.45) is 0 Å². The van der Waals surface area contributed by atoms with Crippen molar-refractivity contribution in [3.8, 4) is 0 Å². The van der Waals surface area contributed by atoms with Crippen LogP contribution in [0.1, 0.15) is 34.9 Å². The lowest BCUT2D eigenvalue weighted by Crippen LogP contribution is -2.13. The summed E-state index contributed by atoms with van der Waals surface area (Å²) in [4.78, 5) is 14.4. The quantitative estimate of drug-likeness (QED) is 0.739. The van der Waals surface area contributed by atoms with Gasteiger partial charge >= 0.3 is 5.97 Å². The lowest BCUT2D eigenvalue weighted by atomic mass is 10.1. The van der Waals surface area contributed by atoms with E-state index in [-0.39, 0.29) is 5.69 Å². The van der Waals surface area contributed by atoms with Crippen LogP contribution in [0.5, 0.6) is 0 Å². The Hall–Kier alpha value is -1.42. The molecule has 0 radical (unpaired) electrons. The van der Waals surface area contributed by atoms with Crippen molar-refractivity contribution in [2.75, 3.05) is 6.54 Å². The summed E-state index contributed by atoms with van der Waals surface area (Å²) in [5.41, 5.74) is 1.18. The van der Waals surface area contributed by atoms with Gasteiger partial charge in [0.05, 0.1) is 0 Å². The third kappa shape index (κ3) is 1.75. The number of pyridine rings is 1. The number of hydrogen-bond donors (Lipinski definition) is 2. The zero-order valence-corrected chi connectivity index (χ0v) is 7.73. The third-order valence-electron chi connectivity index (χ3n) is 2.47. The van der Waals surface area contributed by atoms with Gasteiger partial charge in [-0.05, 0) is 31.0 Å². The second-order valence-corrected chi connectivity index (χ2v) is 3.43. The highest BCUT2D eigenvalue weighted by Crippen LogP contribution is 2.21. The molecule has 1 aromatic heterocycles. The van der Waals surface area contributed by atoms with Crippen LogP contribution in [0, 0.1) is 0 Å². The molecular formula is C10H12N2O2. The van der Waals surface area contributed by atoms with E-state index >= 15 is 0 Å². The number of nitrogens with zero attached hydrogens (tertiary/aromatic N) is 1. The Kier molecular flexibility index (Phi) is 2.45. The van der Waals surface area contributed by atoms with Gasteiger partial charge in [-0.15, -0.1) is 0 Å². The summed E-state index contributed by atoms with van der Waals surface area (Å²) in [5, 5.41) is 12.0. The first-order chi connectivity index (χ1) is 6.77. The molecule has 2 N–H and O–H groups in total. The molecule has 14 heavy (non-hydrogen) atoms. The molecule has 0 bridgehead atoms. The lowest BCUT2D eigenvalue weighted by Gasteiger charge is -2.09. The van der Waals surface area contributed by atoms with Gasteiger partial charge in [0.2, 0.25) is 0 Å². The van der Waals surface area contributed by atoms with Crippen molar-refractivity contribution < 1.29 is 9.90 Å². The largest absolute Gasteiger partial charge is 0.477 e. The van der Waals surface area contributed by atoms with Gasteiger partial charge in [0.15, 0.2) is 0 Å². The molecule has 1 unspecified atom stereocenters. The molecule has 1 atom stereocenters. The van der Waals surface area contributed by atoms with Crippen LogP contribution in [-0.4, -0.2) is 22.6 Å². The number of carboxylic acids is 1. The number of rotatable bonds is 2. The zero-order valence-electron chi connectivity index (χ0n) is 7.73. The summed E-state index contributed by atoms with van der Waals surface area (Å²) in [7, 11) is 0. The minimum absolute atomic E-state index is 0.103. The molecule has 1 saturated heterocycles. The van der Waals surface area contributed by atoms with E-state index in [0.717, 1.165) is 18.5 Å². The van der Waals surface area contributed by atoms with E-state index in [4.69, 9.17) is 5.11 Å². The predicted molar refractivity (Wildman–Crippen MR) is 51.2 cm³/mol. The van der Waals surface area contributed by atoms with Crippen molar-refractivity contribution in [3.05, 3.63) is 29.6 Å². The van der Waals surface area contributed by atoms with Crippen LogP contribution in [0.3, 0.4) is 0 Å². The van der Waals surface area contributed by atoms with Crippen LogP contribution < -0.4 is 5.32 Å². The Morgan fingerprint density at radius 2 is 2.43 bits per heavy atom. The van der Waals surface area contributed by atoms with Gasteiger partial charge in [-0.25, -0.2) is 9.78 Å². The molecule has 2 rings (SSSR count). The molecule has 0 amide bonds. The molecule has 4 heteroatoms. The highest BCUT2D eigenvalue weighted by molar-refractivity contribution is 5.85. The Bertz CT molecular complexity index is 328. The Labute approximate surface area is 82.0 Å². The van der Waals surface area contributed by atoms with Crippen LogP contribution in [0.25, 0.3) is 0 Å². The average Bonchev–Trinajstić information content (AvgIpc) is 2.71. The molecule has 0 saturated carbocycles. The molecule has 0 aromatic carbocycles. The summed E-state index contributed by atoms with van der Waals surface area (Å²) in [5.74, 6) is -0.976. The molecule has 1 fully saturated rings. The first-order valence-corrected chi connectivity index (χ1v) is 4.70. The van der Waals surface area contributed by atoms with Gasteiger partial charge < -0.3 is 10.4 Å². The third-order valence-corrected chi connectivity index (χ3v) is 2.47. The molecule has 0 spiro atoms. The van der Waals surface area contributed by atoms with E-state index in [0.29, 0.717) is 6.04 Å². The number of aromatic carboxylic acids is 1. The Morgan fingerprint density at radius 3 is 2.93 bits per heavy atom. The fourth-order valence-electron chi connectivity index (χ4n) is 1.71. The van der Waals surface area contributed by atoms with E-state index in [1.165, 1.54) is 6.42 Å². The first-order valence-electron chi connectivity index (χ1n) is 4.70. The molecule has 1 aromatic rings. The number of aromatic nitrogens is 1. The second kappa shape index (κ2) is 3.75. The van der Waals surface area contributed by atoms with Crippen molar-refractivity contribution in [2.45, 2.75) is 18.9 Å². The monoisotopic (exact) mass is 192 g/mol. The Balaban J connectivity index is 2.16. The van der Waals surface area contributed by atoms with Crippen LogP contribution >= 0.6 is 0 Å². The highest BCUT2D eigenvalue weighted by atomic mass is 16.4. The van der Waals surface area contributed by atoms with Crippen LogP contribution in [0.4, 0.5) is 0 Å². The smallest absolute Gasteiger partial charge is 0.354 e. The molecule has 4 nitrogen and oxygen atoms in total. The van der Waals surface area contributed by atoms with E-state index in [1.807, 2.05) is 6.07 Å². The van der Waals surface area contributed by atoms with Crippen LogP contribution in [-0.2, 0) is 0 Å². The van der Waals surface area contributed by atoms with E-state index in [1.54, 1.807) is 12.3 Å². The molecule has 74 valence electrons. The summed E-state index contributed by atoms with van der Waals surface area (Å²) in [6.45, 7) is 1.03.